The molecule has 3 aliphatic heterocycles. The number of carbonyl (C=O) groups is 2. The summed E-state index contributed by atoms with van der Waals surface area (Å²) in [5, 5.41) is 3.68. The van der Waals surface area contributed by atoms with Crippen LogP contribution in [0, 0.1) is 11.8 Å². The number of piperidine rings is 1. The van der Waals surface area contributed by atoms with E-state index in [1.54, 1.807) is 6.92 Å². The number of amides is 2. The Morgan fingerprint density at radius 2 is 2.07 bits per heavy atom. The van der Waals surface area contributed by atoms with E-state index >= 15 is 0 Å². The maximum absolute atomic E-state index is 13.3. The van der Waals surface area contributed by atoms with Gasteiger partial charge in [0.05, 0.1) is 6.04 Å². The van der Waals surface area contributed by atoms with Crippen molar-refractivity contribution in [2.75, 3.05) is 39.8 Å². The first-order valence-electron chi connectivity index (χ1n) is 12.0. The molecule has 2 amide bonds. The van der Waals surface area contributed by atoms with E-state index in [9.17, 15) is 9.59 Å². The quantitative estimate of drug-likeness (QED) is 0.679. The van der Waals surface area contributed by atoms with Gasteiger partial charge in [-0.15, -0.1) is 0 Å². The van der Waals surface area contributed by atoms with Gasteiger partial charge in [-0.05, 0) is 58.0 Å². The number of ether oxygens (including phenoxy) is 1. The molecule has 0 radical (unpaired) electrons. The molecule has 3 saturated heterocycles. The summed E-state index contributed by atoms with van der Waals surface area (Å²) >= 11 is 0. The van der Waals surface area contributed by atoms with Crippen LogP contribution < -0.4 is 5.32 Å². The van der Waals surface area contributed by atoms with Crippen LogP contribution >= 0.6 is 0 Å². The van der Waals surface area contributed by atoms with Gasteiger partial charge in [-0.25, -0.2) is 0 Å². The topological polar surface area (TPSA) is 65.1 Å². The molecule has 30 heavy (non-hydrogen) atoms. The molecule has 0 spiro atoms. The Labute approximate surface area is 182 Å². The van der Waals surface area contributed by atoms with Crippen LogP contribution in [-0.4, -0.2) is 90.7 Å². The van der Waals surface area contributed by atoms with Crippen LogP contribution in [0.4, 0.5) is 0 Å². The summed E-state index contributed by atoms with van der Waals surface area (Å²) in [4.78, 5) is 32.2. The van der Waals surface area contributed by atoms with Crippen molar-refractivity contribution in [3.63, 3.8) is 0 Å². The number of fused-ring (bicyclic) bond motifs is 1. The van der Waals surface area contributed by atoms with E-state index in [2.05, 4.69) is 38.0 Å². The summed E-state index contributed by atoms with van der Waals surface area (Å²) in [7, 11) is 2.21. The summed E-state index contributed by atoms with van der Waals surface area (Å²) in [6.07, 6.45) is 4.60. The molecule has 0 saturated carbocycles. The van der Waals surface area contributed by atoms with Crippen LogP contribution in [0.3, 0.4) is 0 Å². The van der Waals surface area contributed by atoms with Crippen molar-refractivity contribution in [1.82, 2.24) is 20.0 Å². The van der Waals surface area contributed by atoms with Gasteiger partial charge in [0, 0.05) is 39.2 Å². The minimum Gasteiger partial charge on any atom is -0.368 e. The van der Waals surface area contributed by atoms with Crippen LogP contribution in [0.5, 0.6) is 0 Å². The van der Waals surface area contributed by atoms with Crippen LogP contribution in [0.2, 0.25) is 0 Å². The fourth-order valence-corrected chi connectivity index (χ4v) is 5.86. The predicted molar refractivity (Wildman–Crippen MR) is 118 cm³/mol. The molecule has 0 bridgehead atoms. The standard InChI is InChI=1S/C23H42N4O3/c1-6-10-25(5)15-18(7-2)19-12-20-22(24-13-19)27(17(4)28)16(3)14-26(20)23(29)21-9-8-11-30-21/h16,18-22,24H,6-15H2,1-5H3. The van der Waals surface area contributed by atoms with E-state index in [4.69, 9.17) is 4.74 Å². The lowest BCUT2D eigenvalue weighted by molar-refractivity contribution is -0.162. The molecule has 3 fully saturated rings. The largest absolute Gasteiger partial charge is 0.368 e. The predicted octanol–water partition coefficient (Wildman–Crippen LogP) is 1.92. The number of rotatable bonds is 7. The van der Waals surface area contributed by atoms with Gasteiger partial charge >= 0.3 is 0 Å². The molecular formula is C23H42N4O3. The van der Waals surface area contributed by atoms with E-state index in [-0.39, 0.29) is 36.2 Å². The number of piperazine rings is 1. The lowest BCUT2D eigenvalue weighted by Crippen LogP contribution is -2.73. The number of hydrogen-bond acceptors (Lipinski definition) is 5. The third-order valence-corrected chi connectivity index (χ3v) is 7.33. The zero-order valence-electron chi connectivity index (χ0n) is 19.6. The molecule has 6 atom stereocenters. The molecular weight excluding hydrogens is 380 g/mol. The highest BCUT2D eigenvalue weighted by Crippen LogP contribution is 2.34. The Morgan fingerprint density at radius 3 is 2.67 bits per heavy atom. The van der Waals surface area contributed by atoms with E-state index < -0.39 is 0 Å². The van der Waals surface area contributed by atoms with Crippen molar-refractivity contribution in [3.05, 3.63) is 0 Å². The molecule has 1 N–H and O–H groups in total. The molecule has 0 aromatic carbocycles. The molecule has 6 unspecified atom stereocenters. The lowest BCUT2D eigenvalue weighted by atomic mass is 9.79. The molecule has 3 rings (SSSR count). The van der Waals surface area contributed by atoms with Gasteiger partial charge in [-0.3, -0.25) is 14.9 Å². The normalized spacial score (nSPS) is 32.9. The molecule has 0 aromatic heterocycles. The van der Waals surface area contributed by atoms with Gasteiger partial charge in [-0.2, -0.15) is 0 Å². The maximum atomic E-state index is 13.3. The first kappa shape index (κ1) is 23.5. The minimum atomic E-state index is -0.306. The van der Waals surface area contributed by atoms with Gasteiger partial charge in [0.2, 0.25) is 5.91 Å². The summed E-state index contributed by atoms with van der Waals surface area (Å²) in [6, 6.07) is 0.0295. The highest BCUT2D eigenvalue weighted by molar-refractivity contribution is 5.82. The van der Waals surface area contributed by atoms with Crippen molar-refractivity contribution in [2.24, 2.45) is 11.8 Å². The van der Waals surface area contributed by atoms with Crippen molar-refractivity contribution < 1.29 is 14.3 Å². The zero-order valence-corrected chi connectivity index (χ0v) is 19.6. The summed E-state index contributed by atoms with van der Waals surface area (Å²) in [6.45, 7) is 12.6. The molecule has 0 aromatic rings. The fourth-order valence-electron chi connectivity index (χ4n) is 5.86. The minimum absolute atomic E-state index is 0.0100. The summed E-state index contributed by atoms with van der Waals surface area (Å²) in [5.41, 5.74) is 0. The Balaban J connectivity index is 1.79. The molecule has 3 heterocycles. The summed E-state index contributed by atoms with van der Waals surface area (Å²) in [5.74, 6) is 1.29. The van der Waals surface area contributed by atoms with E-state index in [1.165, 1.54) is 0 Å². The van der Waals surface area contributed by atoms with Crippen molar-refractivity contribution in [3.8, 4) is 0 Å². The van der Waals surface area contributed by atoms with Gasteiger partial charge in [0.25, 0.3) is 5.91 Å². The van der Waals surface area contributed by atoms with Gasteiger partial charge in [0.15, 0.2) is 0 Å². The van der Waals surface area contributed by atoms with E-state index in [0.717, 1.165) is 51.7 Å². The van der Waals surface area contributed by atoms with Crippen LogP contribution in [-0.2, 0) is 14.3 Å². The van der Waals surface area contributed by atoms with E-state index in [1.807, 2.05) is 9.80 Å². The van der Waals surface area contributed by atoms with Gasteiger partial charge in [-0.1, -0.05) is 20.3 Å². The van der Waals surface area contributed by atoms with Crippen molar-refractivity contribution >= 4 is 11.8 Å². The third-order valence-electron chi connectivity index (χ3n) is 7.33. The maximum Gasteiger partial charge on any atom is 0.252 e. The third kappa shape index (κ3) is 5.00. The van der Waals surface area contributed by atoms with Crippen LogP contribution in [0.25, 0.3) is 0 Å². The van der Waals surface area contributed by atoms with Crippen molar-refractivity contribution in [2.45, 2.75) is 84.2 Å². The second-order valence-corrected chi connectivity index (χ2v) is 9.61. The molecule has 7 nitrogen and oxygen atoms in total. The Bertz CT molecular complexity index is 595. The van der Waals surface area contributed by atoms with E-state index in [0.29, 0.717) is 25.0 Å². The number of carbonyl (C=O) groups excluding carboxylic acids is 2. The average molecular weight is 423 g/mol. The number of nitrogens with zero attached hydrogens (tertiary/aromatic N) is 3. The first-order valence-corrected chi connectivity index (χ1v) is 12.0. The zero-order chi connectivity index (χ0) is 21.8. The Hall–Kier alpha value is -1.18. The van der Waals surface area contributed by atoms with Gasteiger partial charge < -0.3 is 19.4 Å². The molecule has 7 heteroatoms. The SMILES string of the molecule is CCCN(C)CC(CC)C1CNC2C(C1)N(C(=O)C1CCCO1)CC(C)N2C(C)=O. The Morgan fingerprint density at radius 1 is 1.30 bits per heavy atom. The second-order valence-electron chi connectivity index (χ2n) is 9.61. The van der Waals surface area contributed by atoms with Crippen molar-refractivity contribution in [1.29, 1.82) is 0 Å². The van der Waals surface area contributed by atoms with Crippen LogP contribution in [0.1, 0.15) is 59.8 Å². The number of nitrogens with one attached hydrogen (secondary N) is 1. The monoisotopic (exact) mass is 422 g/mol. The fraction of sp³-hybridized carbons (Fsp3) is 0.913. The lowest BCUT2D eigenvalue weighted by Gasteiger charge is -2.55. The Kier molecular flexibility index (Phi) is 8.16. The highest BCUT2D eigenvalue weighted by Gasteiger charge is 2.48. The molecule has 0 aliphatic carbocycles. The van der Waals surface area contributed by atoms with Gasteiger partial charge in [0.1, 0.15) is 12.3 Å². The molecule has 3 aliphatic rings. The highest BCUT2D eigenvalue weighted by atomic mass is 16.5. The summed E-state index contributed by atoms with van der Waals surface area (Å²) < 4.78 is 5.73. The average Bonchev–Trinajstić information content (AvgIpc) is 3.25. The number of hydrogen-bond donors (Lipinski definition) is 1. The first-order chi connectivity index (χ1) is 14.4. The smallest absolute Gasteiger partial charge is 0.252 e. The second kappa shape index (κ2) is 10.4. The van der Waals surface area contributed by atoms with Crippen LogP contribution in [0.15, 0.2) is 0 Å². The molecule has 172 valence electrons.